The van der Waals surface area contributed by atoms with Crippen molar-refractivity contribution in [2.75, 3.05) is 20.2 Å². The summed E-state index contributed by atoms with van der Waals surface area (Å²) in [7, 11) is -2.54. The Balaban J connectivity index is 1.49. The highest BCUT2D eigenvalue weighted by atomic mass is 32.2. The van der Waals surface area contributed by atoms with Crippen LogP contribution in [0.3, 0.4) is 0 Å². The van der Waals surface area contributed by atoms with E-state index in [9.17, 15) is 23.1 Å². The van der Waals surface area contributed by atoms with Gasteiger partial charge in [-0.2, -0.15) is 0 Å². The Morgan fingerprint density at radius 1 is 1.09 bits per heavy atom. The molecule has 3 fully saturated rings. The molecular formula is C26H30N2O6S. The number of amides is 2. The van der Waals surface area contributed by atoms with Crippen LogP contribution in [0.5, 0.6) is 5.75 Å². The molecule has 2 N–H and O–H groups in total. The maximum Gasteiger partial charge on any atom is 0.264 e. The largest absolute Gasteiger partial charge is 0.496 e. The molecule has 2 aliphatic carbocycles. The van der Waals surface area contributed by atoms with Crippen LogP contribution in [-0.2, 0) is 19.6 Å². The number of benzene rings is 2. The molecule has 35 heavy (non-hydrogen) atoms. The minimum absolute atomic E-state index is 0.0268. The van der Waals surface area contributed by atoms with Gasteiger partial charge >= 0.3 is 0 Å². The summed E-state index contributed by atoms with van der Waals surface area (Å²) in [6.07, 6.45) is 3.32. The summed E-state index contributed by atoms with van der Waals surface area (Å²) in [4.78, 5) is 26.1. The third-order valence-electron chi connectivity index (χ3n) is 7.72. The summed E-state index contributed by atoms with van der Waals surface area (Å²) >= 11 is 0. The molecule has 186 valence electrons. The molecular weight excluding hydrogens is 468 g/mol. The molecule has 0 bridgehead atoms. The van der Waals surface area contributed by atoms with Crippen molar-refractivity contribution < 1.29 is 27.9 Å². The minimum Gasteiger partial charge on any atom is -0.496 e. The fourth-order valence-electron chi connectivity index (χ4n) is 5.46. The molecule has 1 atom stereocenters. The van der Waals surface area contributed by atoms with E-state index in [0.29, 0.717) is 42.8 Å². The fraction of sp³-hybridized carbons (Fsp3) is 0.462. The smallest absolute Gasteiger partial charge is 0.264 e. The lowest BCUT2D eigenvalue weighted by Gasteiger charge is -2.34. The fourth-order valence-corrected chi connectivity index (χ4v) is 6.73. The normalized spacial score (nSPS) is 21.9. The van der Waals surface area contributed by atoms with E-state index in [1.807, 2.05) is 30.3 Å². The van der Waals surface area contributed by atoms with Gasteiger partial charge in [0.2, 0.25) is 5.91 Å². The van der Waals surface area contributed by atoms with Crippen molar-refractivity contribution in [2.24, 2.45) is 5.41 Å². The maximum atomic E-state index is 13.3. The molecule has 8 nitrogen and oxygen atoms in total. The van der Waals surface area contributed by atoms with Crippen molar-refractivity contribution in [3.05, 3.63) is 48.0 Å². The van der Waals surface area contributed by atoms with Crippen molar-refractivity contribution in [3.63, 3.8) is 0 Å². The predicted octanol–water partition coefficient (Wildman–Crippen LogP) is 2.81. The number of sulfonamides is 1. The Hall–Kier alpha value is -2.91. The van der Waals surface area contributed by atoms with Gasteiger partial charge in [-0.1, -0.05) is 30.3 Å². The lowest BCUT2D eigenvalue weighted by atomic mass is 9.88. The lowest BCUT2D eigenvalue weighted by Crippen LogP contribution is -2.45. The van der Waals surface area contributed by atoms with Gasteiger partial charge in [0.25, 0.3) is 15.9 Å². The van der Waals surface area contributed by atoms with Gasteiger partial charge in [-0.15, -0.1) is 0 Å². The number of piperidine rings is 1. The summed E-state index contributed by atoms with van der Waals surface area (Å²) in [6, 6.07) is 12.8. The molecule has 5 rings (SSSR count). The van der Waals surface area contributed by atoms with Crippen LogP contribution in [-0.4, -0.2) is 56.0 Å². The first-order chi connectivity index (χ1) is 16.6. The van der Waals surface area contributed by atoms with Crippen molar-refractivity contribution >= 4 is 21.8 Å². The first-order valence-electron chi connectivity index (χ1n) is 11.9. The van der Waals surface area contributed by atoms with E-state index in [0.717, 1.165) is 24.8 Å². The molecule has 2 aromatic rings. The number of ether oxygens (including phenoxy) is 1. The molecule has 0 unspecified atom stereocenters. The number of likely N-dealkylation sites (tertiary alicyclic amines) is 1. The molecule has 1 heterocycles. The van der Waals surface area contributed by atoms with E-state index >= 15 is 0 Å². The van der Waals surface area contributed by atoms with Gasteiger partial charge in [-0.05, 0) is 66.7 Å². The Bertz CT molecular complexity index is 1280. The molecule has 2 amide bonds. The van der Waals surface area contributed by atoms with E-state index in [4.69, 9.17) is 4.74 Å². The highest BCUT2D eigenvalue weighted by Gasteiger charge is 2.58. The number of hydrogen-bond donors (Lipinski definition) is 2. The second-order valence-electron chi connectivity index (χ2n) is 10.1. The topological polar surface area (TPSA) is 113 Å². The quantitative estimate of drug-likeness (QED) is 0.633. The third-order valence-corrected chi connectivity index (χ3v) is 9.21. The van der Waals surface area contributed by atoms with E-state index in [1.165, 1.54) is 6.92 Å². The molecule has 1 saturated heterocycles. The van der Waals surface area contributed by atoms with Gasteiger partial charge in [-0.3, -0.25) is 9.59 Å². The molecule has 1 aliphatic heterocycles. The van der Waals surface area contributed by atoms with Crippen LogP contribution < -0.4 is 9.46 Å². The second-order valence-corrected chi connectivity index (χ2v) is 11.7. The standard InChI is InChI=1S/C26H30N2O6S/c1-17(29)27-35(32,33)23-15-19(18-6-4-3-5-7-18)22(34-2)14-20(23)21-16-25(21)10-12-28(13-11-25)24(30)26(31)8-9-26/h3-7,14-15,21,31H,8-13,16H2,1-2H3,(H,27,29)/t21-/m1/s1. The molecule has 2 aromatic carbocycles. The van der Waals surface area contributed by atoms with Crippen molar-refractivity contribution in [3.8, 4) is 16.9 Å². The van der Waals surface area contributed by atoms with Crippen LogP contribution in [0.15, 0.2) is 47.4 Å². The Morgan fingerprint density at radius 2 is 1.74 bits per heavy atom. The van der Waals surface area contributed by atoms with Gasteiger partial charge in [-0.25, -0.2) is 13.1 Å². The SMILES string of the molecule is COc1cc([C@H]2CC23CCN(C(=O)C2(O)CC2)CC3)c(S(=O)(=O)NC(C)=O)cc1-c1ccccc1. The second kappa shape index (κ2) is 8.34. The van der Waals surface area contributed by atoms with Crippen molar-refractivity contribution in [1.82, 2.24) is 9.62 Å². The highest BCUT2D eigenvalue weighted by Crippen LogP contribution is 2.66. The van der Waals surface area contributed by atoms with E-state index < -0.39 is 21.5 Å². The molecule has 0 radical (unpaired) electrons. The average molecular weight is 499 g/mol. The third kappa shape index (κ3) is 4.31. The summed E-state index contributed by atoms with van der Waals surface area (Å²) in [5, 5.41) is 10.2. The van der Waals surface area contributed by atoms with Crippen molar-refractivity contribution in [2.45, 2.75) is 55.4 Å². The number of hydrogen-bond acceptors (Lipinski definition) is 6. The summed E-state index contributed by atoms with van der Waals surface area (Å²) in [6.45, 7) is 2.27. The molecule has 0 aromatic heterocycles. The Morgan fingerprint density at radius 3 is 2.31 bits per heavy atom. The Labute approximate surface area is 205 Å². The number of nitrogens with zero attached hydrogens (tertiary/aromatic N) is 1. The molecule has 1 spiro atoms. The minimum atomic E-state index is -4.09. The first kappa shape index (κ1) is 23.8. The van der Waals surface area contributed by atoms with Crippen LogP contribution in [0, 0.1) is 5.41 Å². The van der Waals surface area contributed by atoms with E-state index in [-0.39, 0.29) is 22.1 Å². The zero-order valence-corrected chi connectivity index (χ0v) is 20.7. The summed E-state index contributed by atoms with van der Waals surface area (Å²) in [5.41, 5.74) is 0.797. The van der Waals surface area contributed by atoms with Gasteiger partial charge in [0.05, 0.1) is 12.0 Å². The van der Waals surface area contributed by atoms with Crippen LogP contribution in [0.25, 0.3) is 11.1 Å². The molecule has 9 heteroatoms. The van der Waals surface area contributed by atoms with Crippen LogP contribution >= 0.6 is 0 Å². The number of nitrogens with one attached hydrogen (secondary N) is 1. The lowest BCUT2D eigenvalue weighted by molar-refractivity contribution is -0.144. The molecule has 2 saturated carbocycles. The number of methoxy groups -OCH3 is 1. The van der Waals surface area contributed by atoms with Crippen LogP contribution in [0.1, 0.15) is 50.5 Å². The zero-order valence-electron chi connectivity index (χ0n) is 19.9. The Kier molecular flexibility index (Phi) is 5.68. The number of aliphatic hydroxyl groups is 1. The van der Waals surface area contributed by atoms with Crippen LogP contribution in [0.2, 0.25) is 0 Å². The summed E-state index contributed by atoms with van der Waals surface area (Å²) < 4.78 is 34.3. The van der Waals surface area contributed by atoms with Gasteiger partial charge < -0.3 is 14.7 Å². The number of carbonyl (C=O) groups excluding carboxylic acids is 2. The zero-order chi connectivity index (χ0) is 25.0. The average Bonchev–Trinajstić information content (AvgIpc) is 3.75. The van der Waals surface area contributed by atoms with Gasteiger partial charge in [0, 0.05) is 25.6 Å². The predicted molar refractivity (Wildman–Crippen MR) is 129 cm³/mol. The number of rotatable bonds is 6. The van der Waals surface area contributed by atoms with Crippen LogP contribution in [0.4, 0.5) is 0 Å². The summed E-state index contributed by atoms with van der Waals surface area (Å²) in [5.74, 6) is -0.296. The van der Waals surface area contributed by atoms with E-state index in [2.05, 4.69) is 4.72 Å². The van der Waals surface area contributed by atoms with Gasteiger partial charge in [0.15, 0.2) is 0 Å². The monoisotopic (exact) mass is 498 g/mol. The maximum absolute atomic E-state index is 13.3. The van der Waals surface area contributed by atoms with Gasteiger partial charge in [0.1, 0.15) is 11.4 Å². The first-order valence-corrected chi connectivity index (χ1v) is 13.4. The number of carbonyl (C=O) groups is 2. The van der Waals surface area contributed by atoms with Crippen molar-refractivity contribution in [1.29, 1.82) is 0 Å². The molecule has 3 aliphatic rings. The highest BCUT2D eigenvalue weighted by molar-refractivity contribution is 7.90. The van der Waals surface area contributed by atoms with E-state index in [1.54, 1.807) is 24.1 Å².